The number of fused-ring (bicyclic) bond motifs is 1. The Kier molecular flexibility index (Phi) is 5.44. The summed E-state index contributed by atoms with van der Waals surface area (Å²) in [4.78, 5) is 25.7. The SMILES string of the molecule is COc1cc(NC(=O)Cn2ccc3c(c(C)nn3-c3ccccc3)c2=O)cc(OC)c1. The second kappa shape index (κ2) is 8.35. The smallest absolute Gasteiger partial charge is 0.262 e. The first-order chi connectivity index (χ1) is 15.0. The van der Waals surface area contributed by atoms with Crippen molar-refractivity contribution in [2.75, 3.05) is 19.5 Å². The van der Waals surface area contributed by atoms with Crippen LogP contribution >= 0.6 is 0 Å². The summed E-state index contributed by atoms with van der Waals surface area (Å²) in [6.07, 6.45) is 1.61. The predicted octanol–water partition coefficient (Wildman–Crippen LogP) is 3.15. The topological polar surface area (TPSA) is 87.4 Å². The number of aromatic nitrogens is 3. The molecule has 0 aliphatic rings. The molecule has 0 unspecified atom stereocenters. The highest BCUT2D eigenvalue weighted by molar-refractivity contribution is 5.91. The lowest BCUT2D eigenvalue weighted by molar-refractivity contribution is -0.116. The van der Waals surface area contributed by atoms with Crippen molar-refractivity contribution in [1.29, 1.82) is 0 Å². The van der Waals surface area contributed by atoms with Crippen molar-refractivity contribution in [2.24, 2.45) is 0 Å². The van der Waals surface area contributed by atoms with E-state index in [0.717, 1.165) is 5.69 Å². The highest BCUT2D eigenvalue weighted by atomic mass is 16.5. The molecule has 31 heavy (non-hydrogen) atoms. The Balaban J connectivity index is 1.62. The first kappa shape index (κ1) is 20.2. The van der Waals surface area contributed by atoms with Gasteiger partial charge in [-0.2, -0.15) is 5.10 Å². The number of nitrogens with zero attached hydrogens (tertiary/aromatic N) is 3. The molecule has 0 aliphatic heterocycles. The van der Waals surface area contributed by atoms with Gasteiger partial charge in [0.05, 0.1) is 36.5 Å². The number of pyridine rings is 1. The lowest BCUT2D eigenvalue weighted by Crippen LogP contribution is -2.27. The molecule has 2 aromatic carbocycles. The fraction of sp³-hybridized carbons (Fsp3) is 0.174. The van der Waals surface area contributed by atoms with Gasteiger partial charge in [-0.05, 0) is 25.1 Å². The monoisotopic (exact) mass is 418 g/mol. The molecule has 0 aliphatic carbocycles. The Morgan fingerprint density at radius 2 is 1.71 bits per heavy atom. The van der Waals surface area contributed by atoms with Crippen LogP contribution in [-0.4, -0.2) is 34.5 Å². The fourth-order valence-electron chi connectivity index (χ4n) is 3.46. The Morgan fingerprint density at radius 3 is 2.35 bits per heavy atom. The van der Waals surface area contributed by atoms with Gasteiger partial charge in [0.25, 0.3) is 5.56 Å². The molecule has 0 fully saturated rings. The Labute approximate surface area is 178 Å². The second-order valence-electron chi connectivity index (χ2n) is 6.99. The Hall–Kier alpha value is -4.07. The summed E-state index contributed by atoms with van der Waals surface area (Å²) in [6.45, 7) is 1.65. The lowest BCUT2D eigenvalue weighted by Gasteiger charge is -2.11. The highest BCUT2D eigenvalue weighted by Gasteiger charge is 2.15. The molecule has 2 heterocycles. The average Bonchev–Trinajstić information content (AvgIpc) is 3.13. The van der Waals surface area contributed by atoms with Crippen LogP contribution in [0.25, 0.3) is 16.6 Å². The number of carbonyl (C=O) groups excluding carboxylic acids is 1. The van der Waals surface area contributed by atoms with Gasteiger partial charge in [-0.25, -0.2) is 4.68 Å². The van der Waals surface area contributed by atoms with Crippen LogP contribution in [0.1, 0.15) is 5.69 Å². The molecular weight excluding hydrogens is 396 g/mol. The van der Waals surface area contributed by atoms with E-state index < -0.39 is 0 Å². The molecule has 0 spiro atoms. The molecule has 0 saturated heterocycles. The number of nitrogens with one attached hydrogen (secondary N) is 1. The van der Waals surface area contributed by atoms with Gasteiger partial charge in [0.1, 0.15) is 18.0 Å². The Morgan fingerprint density at radius 1 is 1.03 bits per heavy atom. The summed E-state index contributed by atoms with van der Waals surface area (Å²) in [7, 11) is 3.07. The maximum absolute atomic E-state index is 13.1. The van der Waals surface area contributed by atoms with Gasteiger partial charge in [-0.15, -0.1) is 0 Å². The molecule has 0 saturated carbocycles. The average molecular weight is 418 g/mol. The molecule has 0 radical (unpaired) electrons. The summed E-state index contributed by atoms with van der Waals surface area (Å²) in [5, 5.41) is 7.79. The highest BCUT2D eigenvalue weighted by Crippen LogP contribution is 2.25. The molecule has 0 atom stereocenters. The van der Waals surface area contributed by atoms with Crippen LogP contribution in [0.2, 0.25) is 0 Å². The zero-order chi connectivity index (χ0) is 22.0. The minimum absolute atomic E-state index is 0.135. The Bertz CT molecular complexity index is 1290. The van der Waals surface area contributed by atoms with Crippen molar-refractivity contribution in [3.05, 3.63) is 76.8 Å². The van der Waals surface area contributed by atoms with Gasteiger partial charge in [0.2, 0.25) is 5.91 Å². The van der Waals surface area contributed by atoms with E-state index in [4.69, 9.17) is 9.47 Å². The molecule has 158 valence electrons. The first-order valence-corrected chi connectivity index (χ1v) is 9.67. The number of carbonyl (C=O) groups is 1. The van der Waals surface area contributed by atoms with Crippen LogP contribution in [0.5, 0.6) is 11.5 Å². The molecule has 8 nitrogen and oxygen atoms in total. The molecule has 4 rings (SSSR count). The van der Waals surface area contributed by atoms with Gasteiger partial charge >= 0.3 is 0 Å². The summed E-state index contributed by atoms with van der Waals surface area (Å²) in [6, 6.07) is 16.5. The number of ether oxygens (including phenoxy) is 2. The van der Waals surface area contributed by atoms with E-state index in [1.165, 1.54) is 18.8 Å². The van der Waals surface area contributed by atoms with E-state index in [1.54, 1.807) is 42.1 Å². The van der Waals surface area contributed by atoms with Crippen LogP contribution in [-0.2, 0) is 11.3 Å². The van der Waals surface area contributed by atoms with Crippen molar-refractivity contribution in [2.45, 2.75) is 13.5 Å². The van der Waals surface area contributed by atoms with E-state index in [9.17, 15) is 9.59 Å². The second-order valence-corrected chi connectivity index (χ2v) is 6.99. The van der Waals surface area contributed by atoms with Crippen molar-refractivity contribution in [1.82, 2.24) is 14.3 Å². The summed E-state index contributed by atoms with van der Waals surface area (Å²) >= 11 is 0. The molecule has 1 amide bonds. The third kappa shape index (κ3) is 4.00. The summed E-state index contributed by atoms with van der Waals surface area (Å²) in [5.41, 5.74) is 2.42. The van der Waals surface area contributed by atoms with E-state index in [2.05, 4.69) is 10.4 Å². The fourth-order valence-corrected chi connectivity index (χ4v) is 3.46. The standard InChI is InChI=1S/C23H22N4O4/c1-15-22-20(27(25-15)17-7-5-4-6-8-17)9-10-26(23(22)29)14-21(28)24-16-11-18(30-2)13-19(12-16)31-3/h4-13H,14H2,1-3H3,(H,24,28). The number of methoxy groups -OCH3 is 2. The van der Waals surface area contributed by atoms with Crippen molar-refractivity contribution >= 4 is 22.5 Å². The molecular formula is C23H22N4O4. The van der Waals surface area contributed by atoms with E-state index in [1.807, 2.05) is 30.3 Å². The third-order valence-electron chi connectivity index (χ3n) is 4.93. The van der Waals surface area contributed by atoms with E-state index in [-0.39, 0.29) is 18.0 Å². The number of amides is 1. The van der Waals surface area contributed by atoms with Crippen LogP contribution in [0, 0.1) is 6.92 Å². The number of hydrogen-bond donors (Lipinski definition) is 1. The van der Waals surface area contributed by atoms with E-state index in [0.29, 0.717) is 33.8 Å². The third-order valence-corrected chi connectivity index (χ3v) is 4.93. The number of para-hydroxylation sites is 1. The van der Waals surface area contributed by atoms with Crippen molar-refractivity contribution < 1.29 is 14.3 Å². The largest absolute Gasteiger partial charge is 0.497 e. The van der Waals surface area contributed by atoms with Gasteiger partial charge in [-0.1, -0.05) is 18.2 Å². The summed E-state index contributed by atoms with van der Waals surface area (Å²) < 4.78 is 13.6. The van der Waals surface area contributed by atoms with Gasteiger partial charge in [-0.3, -0.25) is 9.59 Å². The van der Waals surface area contributed by atoms with Gasteiger partial charge in [0, 0.05) is 30.1 Å². The van der Waals surface area contributed by atoms with Crippen LogP contribution in [0.15, 0.2) is 65.6 Å². The molecule has 8 heteroatoms. The minimum atomic E-state index is -0.343. The van der Waals surface area contributed by atoms with E-state index >= 15 is 0 Å². The number of anilines is 1. The maximum atomic E-state index is 13.1. The molecule has 0 bridgehead atoms. The predicted molar refractivity (Wildman–Crippen MR) is 118 cm³/mol. The summed E-state index contributed by atoms with van der Waals surface area (Å²) in [5.74, 6) is 0.763. The normalized spacial score (nSPS) is 10.8. The zero-order valence-corrected chi connectivity index (χ0v) is 17.5. The van der Waals surface area contributed by atoms with Crippen LogP contribution in [0.4, 0.5) is 5.69 Å². The van der Waals surface area contributed by atoms with Crippen molar-refractivity contribution in [3.8, 4) is 17.2 Å². The van der Waals surface area contributed by atoms with Gasteiger partial charge in [0.15, 0.2) is 0 Å². The lowest BCUT2D eigenvalue weighted by atomic mass is 10.2. The quantitative estimate of drug-likeness (QED) is 0.520. The number of hydrogen-bond acceptors (Lipinski definition) is 5. The number of rotatable bonds is 6. The minimum Gasteiger partial charge on any atom is -0.497 e. The van der Waals surface area contributed by atoms with Crippen molar-refractivity contribution in [3.63, 3.8) is 0 Å². The van der Waals surface area contributed by atoms with Crippen LogP contribution in [0.3, 0.4) is 0 Å². The number of aryl methyl sites for hydroxylation is 1. The first-order valence-electron chi connectivity index (χ1n) is 9.67. The van der Waals surface area contributed by atoms with Gasteiger partial charge < -0.3 is 19.4 Å². The number of benzene rings is 2. The zero-order valence-electron chi connectivity index (χ0n) is 17.5. The molecule has 1 N–H and O–H groups in total. The molecule has 2 aromatic heterocycles. The van der Waals surface area contributed by atoms with Crippen LogP contribution < -0.4 is 20.3 Å². The molecule has 4 aromatic rings. The maximum Gasteiger partial charge on any atom is 0.262 e.